The number of halogens is 8. The molecular weight excluding hydrogens is 439 g/mol. The number of anilines is 1. The number of aromatic nitrogens is 2. The molecule has 26 heavy (non-hydrogen) atoms. The molecule has 0 fully saturated rings. The first-order valence-electron chi connectivity index (χ1n) is 6.81. The van der Waals surface area contributed by atoms with Crippen LogP contribution in [-0.4, -0.2) is 15.7 Å². The predicted octanol–water partition coefficient (Wildman–Crippen LogP) is 4.73. The average Bonchev–Trinajstić information content (AvgIpc) is 2.87. The van der Waals surface area contributed by atoms with Crippen LogP contribution >= 0.6 is 15.9 Å². The smallest absolute Gasteiger partial charge is 0.319 e. The van der Waals surface area contributed by atoms with E-state index in [2.05, 4.69) is 21.0 Å². The Morgan fingerprint density at radius 1 is 1.15 bits per heavy atom. The third-order valence-corrected chi connectivity index (χ3v) is 4.30. The van der Waals surface area contributed by atoms with Gasteiger partial charge >= 0.3 is 6.18 Å². The molecule has 0 bridgehead atoms. The van der Waals surface area contributed by atoms with E-state index in [-0.39, 0.29) is 0 Å². The molecule has 1 unspecified atom stereocenters. The molecule has 1 atom stereocenters. The van der Waals surface area contributed by atoms with Crippen molar-refractivity contribution in [3.63, 3.8) is 0 Å². The van der Waals surface area contributed by atoms with Crippen molar-refractivity contribution < 1.29 is 35.5 Å². The van der Waals surface area contributed by atoms with Gasteiger partial charge in [0.2, 0.25) is 5.91 Å². The van der Waals surface area contributed by atoms with Gasteiger partial charge in [-0.05, 0) is 29.8 Å². The molecule has 1 aromatic heterocycles. The van der Waals surface area contributed by atoms with Crippen LogP contribution in [0, 0.1) is 30.2 Å². The summed E-state index contributed by atoms with van der Waals surface area (Å²) in [6.07, 6.45) is -4.33. The normalized spacial score (nSPS) is 13.0. The van der Waals surface area contributed by atoms with Gasteiger partial charge in [-0.2, -0.15) is 18.3 Å². The van der Waals surface area contributed by atoms with E-state index in [9.17, 15) is 35.5 Å². The Bertz CT molecular complexity index is 849. The highest BCUT2D eigenvalue weighted by Crippen LogP contribution is 2.38. The fourth-order valence-electron chi connectivity index (χ4n) is 2.12. The van der Waals surface area contributed by atoms with Gasteiger partial charge in [0, 0.05) is 0 Å². The summed E-state index contributed by atoms with van der Waals surface area (Å²) in [6.45, 7) is 2.81. The molecule has 0 aliphatic rings. The summed E-state index contributed by atoms with van der Waals surface area (Å²) < 4.78 is 94.0. The van der Waals surface area contributed by atoms with Crippen molar-refractivity contribution in [1.29, 1.82) is 0 Å². The minimum Gasteiger partial charge on any atom is -0.319 e. The second-order valence-electron chi connectivity index (χ2n) is 5.19. The lowest BCUT2D eigenvalue weighted by Crippen LogP contribution is -2.27. The molecule has 12 heteroatoms. The molecular formula is C14H9BrF7N3O. The summed E-state index contributed by atoms with van der Waals surface area (Å²) in [7, 11) is 0. The zero-order valence-corrected chi connectivity index (χ0v) is 14.6. The molecule has 0 spiro atoms. The van der Waals surface area contributed by atoms with E-state index >= 15 is 0 Å². The molecule has 0 aliphatic heterocycles. The van der Waals surface area contributed by atoms with Crippen molar-refractivity contribution in [2.45, 2.75) is 26.1 Å². The average molecular weight is 448 g/mol. The van der Waals surface area contributed by atoms with Crippen LogP contribution in [0.25, 0.3) is 0 Å². The number of alkyl halides is 3. The first kappa shape index (κ1) is 20.2. The summed E-state index contributed by atoms with van der Waals surface area (Å²) in [5.74, 6) is -11.2. The van der Waals surface area contributed by atoms with Gasteiger partial charge in [0.05, 0.1) is 16.4 Å². The van der Waals surface area contributed by atoms with E-state index < -0.39 is 52.6 Å². The zero-order chi connectivity index (χ0) is 20.0. The number of amides is 1. The fourth-order valence-corrected chi connectivity index (χ4v) is 2.40. The van der Waals surface area contributed by atoms with Gasteiger partial charge in [-0.15, -0.1) is 0 Å². The molecule has 2 rings (SSSR count). The SMILES string of the molecule is Cc1c(Br)cnn1C(C)C(=O)Nc1c(F)c(F)c(C(F)(F)F)c(F)c1F. The molecule has 1 heterocycles. The third kappa shape index (κ3) is 3.41. The monoisotopic (exact) mass is 447 g/mol. The van der Waals surface area contributed by atoms with E-state index in [4.69, 9.17) is 0 Å². The molecule has 0 aliphatic carbocycles. The van der Waals surface area contributed by atoms with E-state index in [0.717, 1.165) is 4.68 Å². The molecule has 2 aromatic rings. The second-order valence-corrected chi connectivity index (χ2v) is 6.05. The van der Waals surface area contributed by atoms with Crippen molar-refractivity contribution >= 4 is 27.5 Å². The maximum absolute atomic E-state index is 13.8. The number of hydrogen-bond acceptors (Lipinski definition) is 2. The van der Waals surface area contributed by atoms with Crippen LogP contribution < -0.4 is 5.32 Å². The van der Waals surface area contributed by atoms with E-state index in [0.29, 0.717) is 10.2 Å². The molecule has 0 radical (unpaired) electrons. The van der Waals surface area contributed by atoms with Crippen LogP contribution in [0.15, 0.2) is 10.7 Å². The van der Waals surface area contributed by atoms with Gasteiger partial charge in [-0.25, -0.2) is 17.6 Å². The Morgan fingerprint density at radius 3 is 2.04 bits per heavy atom. The van der Waals surface area contributed by atoms with Crippen LogP contribution in [0.4, 0.5) is 36.4 Å². The molecule has 0 saturated heterocycles. The standard InChI is InChI=1S/C14H9BrF7N3O/c1-4-6(15)3-23-25(4)5(2)13(26)24-12-10(18)8(16)7(14(20,21)22)9(17)11(12)19/h3,5H,1-2H3,(H,24,26). The molecule has 0 saturated carbocycles. The maximum Gasteiger partial charge on any atom is 0.422 e. The van der Waals surface area contributed by atoms with Crippen LogP contribution in [0.5, 0.6) is 0 Å². The largest absolute Gasteiger partial charge is 0.422 e. The van der Waals surface area contributed by atoms with Crippen molar-refractivity contribution in [3.05, 3.63) is 45.2 Å². The lowest BCUT2D eigenvalue weighted by atomic mass is 10.1. The third-order valence-electron chi connectivity index (χ3n) is 3.53. The van der Waals surface area contributed by atoms with Gasteiger partial charge in [0.1, 0.15) is 17.3 Å². The van der Waals surface area contributed by atoms with Crippen LogP contribution in [0.2, 0.25) is 0 Å². The van der Waals surface area contributed by atoms with Gasteiger partial charge in [-0.1, -0.05) is 0 Å². The van der Waals surface area contributed by atoms with Crippen molar-refractivity contribution in [3.8, 4) is 0 Å². The summed E-state index contributed by atoms with van der Waals surface area (Å²) in [4.78, 5) is 12.1. The number of nitrogens with zero attached hydrogens (tertiary/aromatic N) is 2. The second kappa shape index (κ2) is 6.89. The highest BCUT2D eigenvalue weighted by atomic mass is 79.9. The Morgan fingerprint density at radius 2 is 1.65 bits per heavy atom. The van der Waals surface area contributed by atoms with Crippen molar-refractivity contribution in [2.24, 2.45) is 0 Å². The molecule has 142 valence electrons. The Kier molecular flexibility index (Phi) is 5.36. The van der Waals surface area contributed by atoms with Gasteiger partial charge in [-0.3, -0.25) is 9.48 Å². The first-order valence-corrected chi connectivity index (χ1v) is 7.60. The number of nitrogens with one attached hydrogen (secondary N) is 1. The van der Waals surface area contributed by atoms with Crippen LogP contribution in [-0.2, 0) is 11.0 Å². The lowest BCUT2D eigenvalue weighted by molar-refractivity contribution is -0.143. The molecule has 1 amide bonds. The Labute approximate surface area is 150 Å². The number of benzene rings is 1. The lowest BCUT2D eigenvalue weighted by Gasteiger charge is -2.17. The summed E-state index contributed by atoms with van der Waals surface area (Å²) in [6, 6.07) is -1.19. The highest BCUT2D eigenvalue weighted by molar-refractivity contribution is 9.10. The van der Waals surface area contributed by atoms with E-state index in [1.165, 1.54) is 13.1 Å². The van der Waals surface area contributed by atoms with Crippen LogP contribution in [0.3, 0.4) is 0 Å². The number of rotatable bonds is 3. The van der Waals surface area contributed by atoms with Gasteiger partial charge < -0.3 is 5.32 Å². The van der Waals surface area contributed by atoms with E-state index in [1.807, 2.05) is 0 Å². The first-order chi connectivity index (χ1) is 11.9. The van der Waals surface area contributed by atoms with Gasteiger partial charge in [0.25, 0.3) is 0 Å². The fraction of sp³-hybridized carbons (Fsp3) is 0.286. The predicted molar refractivity (Wildman–Crippen MR) is 79.3 cm³/mol. The van der Waals surface area contributed by atoms with Gasteiger partial charge in [0.15, 0.2) is 23.3 Å². The van der Waals surface area contributed by atoms with E-state index in [1.54, 1.807) is 12.2 Å². The highest BCUT2D eigenvalue weighted by Gasteiger charge is 2.42. The summed E-state index contributed by atoms with van der Waals surface area (Å²) in [5.41, 5.74) is -3.92. The molecule has 1 N–H and O–H groups in total. The summed E-state index contributed by atoms with van der Waals surface area (Å²) >= 11 is 3.13. The maximum atomic E-state index is 13.8. The number of carbonyl (C=O) groups excluding carboxylic acids is 1. The number of hydrogen-bond donors (Lipinski definition) is 1. The van der Waals surface area contributed by atoms with Crippen LogP contribution in [0.1, 0.15) is 24.2 Å². The topological polar surface area (TPSA) is 46.9 Å². The minimum absolute atomic E-state index is 0.457. The summed E-state index contributed by atoms with van der Waals surface area (Å²) in [5, 5.41) is 5.39. The molecule has 4 nitrogen and oxygen atoms in total. The minimum atomic E-state index is -5.66. The Hall–Kier alpha value is -2.11. The molecule has 1 aromatic carbocycles. The van der Waals surface area contributed by atoms with Crippen molar-refractivity contribution in [1.82, 2.24) is 9.78 Å². The zero-order valence-electron chi connectivity index (χ0n) is 13.0. The number of carbonyl (C=O) groups is 1. The quantitative estimate of drug-likeness (QED) is 0.546. The Balaban J connectivity index is 2.44. The van der Waals surface area contributed by atoms with Crippen molar-refractivity contribution in [2.75, 3.05) is 5.32 Å².